The zero-order valence-electron chi connectivity index (χ0n) is 14.6. The molecule has 2 aromatic carbocycles. The standard InChI is InChI=1S/C20H22F3NO2/c1-24(13-18-14-25-18)12-11-19(15-5-3-2-4-6-15)26-17-9-7-16(8-10-17)20(21,22)23/h2-10,18-19H,11-14H2,1H3. The SMILES string of the molecule is CN(CCC(Oc1ccc(C(F)(F)F)cc1)c1ccccc1)CC1CO1. The molecule has 0 N–H and O–H groups in total. The summed E-state index contributed by atoms with van der Waals surface area (Å²) in [5, 5.41) is 0. The summed E-state index contributed by atoms with van der Waals surface area (Å²) in [6, 6.07) is 14.6. The van der Waals surface area contributed by atoms with Crippen molar-refractivity contribution < 1.29 is 22.6 Å². The van der Waals surface area contributed by atoms with Gasteiger partial charge in [0, 0.05) is 19.5 Å². The monoisotopic (exact) mass is 365 g/mol. The second-order valence-electron chi connectivity index (χ2n) is 6.55. The van der Waals surface area contributed by atoms with Gasteiger partial charge in [-0.25, -0.2) is 0 Å². The van der Waals surface area contributed by atoms with Crippen LogP contribution in [0, 0.1) is 0 Å². The average Bonchev–Trinajstić information content (AvgIpc) is 3.43. The minimum absolute atomic E-state index is 0.226. The predicted octanol–water partition coefficient (Wildman–Crippen LogP) is 4.55. The molecule has 1 fully saturated rings. The topological polar surface area (TPSA) is 25.0 Å². The van der Waals surface area contributed by atoms with Crippen LogP contribution in [0.25, 0.3) is 0 Å². The van der Waals surface area contributed by atoms with E-state index in [1.54, 1.807) is 0 Å². The first-order valence-electron chi connectivity index (χ1n) is 8.61. The Morgan fingerprint density at radius 3 is 2.35 bits per heavy atom. The van der Waals surface area contributed by atoms with E-state index in [1.165, 1.54) is 12.1 Å². The van der Waals surface area contributed by atoms with E-state index in [9.17, 15) is 13.2 Å². The molecular weight excluding hydrogens is 343 g/mol. The fraction of sp³-hybridized carbons (Fsp3) is 0.400. The van der Waals surface area contributed by atoms with Crippen molar-refractivity contribution in [3.8, 4) is 5.75 Å². The van der Waals surface area contributed by atoms with Crippen LogP contribution in [0.5, 0.6) is 5.75 Å². The molecule has 1 heterocycles. The molecule has 0 amide bonds. The Kier molecular flexibility index (Phi) is 5.84. The van der Waals surface area contributed by atoms with E-state index in [2.05, 4.69) is 4.90 Å². The first-order chi connectivity index (χ1) is 12.4. The Morgan fingerprint density at radius 2 is 1.77 bits per heavy atom. The lowest BCUT2D eigenvalue weighted by Gasteiger charge is -2.23. The highest BCUT2D eigenvalue weighted by Crippen LogP contribution is 2.32. The third kappa shape index (κ3) is 5.47. The molecule has 6 heteroatoms. The smallest absolute Gasteiger partial charge is 0.416 e. The number of hydrogen-bond acceptors (Lipinski definition) is 3. The Hall–Kier alpha value is -2.05. The third-order valence-electron chi connectivity index (χ3n) is 4.32. The summed E-state index contributed by atoms with van der Waals surface area (Å²) in [4.78, 5) is 2.18. The normalized spacial score (nSPS) is 18.0. The van der Waals surface area contributed by atoms with Gasteiger partial charge in [-0.3, -0.25) is 0 Å². The first kappa shape index (κ1) is 18.7. The van der Waals surface area contributed by atoms with Crippen LogP contribution in [-0.4, -0.2) is 37.7 Å². The summed E-state index contributed by atoms with van der Waals surface area (Å²) in [6.07, 6.45) is -3.51. The summed E-state index contributed by atoms with van der Waals surface area (Å²) in [6.45, 7) is 2.50. The van der Waals surface area contributed by atoms with Crippen LogP contribution < -0.4 is 4.74 Å². The molecule has 140 valence electrons. The second kappa shape index (κ2) is 8.10. The van der Waals surface area contributed by atoms with Gasteiger partial charge in [-0.1, -0.05) is 30.3 Å². The van der Waals surface area contributed by atoms with Gasteiger partial charge in [0.15, 0.2) is 0 Å². The molecule has 3 nitrogen and oxygen atoms in total. The Bertz CT molecular complexity index is 684. The molecule has 2 unspecified atom stereocenters. The van der Waals surface area contributed by atoms with Crippen molar-refractivity contribution >= 4 is 0 Å². The van der Waals surface area contributed by atoms with Gasteiger partial charge >= 0.3 is 6.18 Å². The Labute approximate surface area is 151 Å². The summed E-state index contributed by atoms with van der Waals surface area (Å²) >= 11 is 0. The van der Waals surface area contributed by atoms with Crippen LogP contribution in [0.3, 0.4) is 0 Å². The molecular formula is C20H22F3NO2. The van der Waals surface area contributed by atoms with E-state index in [-0.39, 0.29) is 6.10 Å². The van der Waals surface area contributed by atoms with E-state index in [4.69, 9.17) is 9.47 Å². The fourth-order valence-electron chi connectivity index (χ4n) is 2.80. The highest BCUT2D eigenvalue weighted by molar-refractivity contribution is 5.30. The van der Waals surface area contributed by atoms with Gasteiger partial charge in [-0.15, -0.1) is 0 Å². The summed E-state index contributed by atoms with van der Waals surface area (Å²) in [5.41, 5.74) is 0.328. The van der Waals surface area contributed by atoms with Crippen LogP contribution in [0.2, 0.25) is 0 Å². The number of nitrogens with zero attached hydrogens (tertiary/aromatic N) is 1. The molecule has 0 aromatic heterocycles. The van der Waals surface area contributed by atoms with E-state index >= 15 is 0 Å². The maximum absolute atomic E-state index is 12.7. The lowest BCUT2D eigenvalue weighted by molar-refractivity contribution is -0.137. The summed E-state index contributed by atoms with van der Waals surface area (Å²) in [5.74, 6) is 0.431. The third-order valence-corrected chi connectivity index (χ3v) is 4.32. The quantitative estimate of drug-likeness (QED) is 0.642. The van der Waals surface area contributed by atoms with Crippen LogP contribution in [0.15, 0.2) is 54.6 Å². The van der Waals surface area contributed by atoms with E-state index in [0.717, 1.165) is 43.8 Å². The van der Waals surface area contributed by atoms with Gasteiger partial charge < -0.3 is 14.4 Å². The molecule has 2 aromatic rings. The maximum Gasteiger partial charge on any atom is 0.416 e. The van der Waals surface area contributed by atoms with Crippen LogP contribution in [0.4, 0.5) is 13.2 Å². The van der Waals surface area contributed by atoms with Crippen molar-refractivity contribution in [3.05, 3.63) is 65.7 Å². The van der Waals surface area contributed by atoms with Gasteiger partial charge in [0.1, 0.15) is 11.9 Å². The van der Waals surface area contributed by atoms with Gasteiger partial charge in [-0.05, 0) is 36.9 Å². The molecule has 0 spiro atoms. The molecule has 0 bridgehead atoms. The molecule has 0 radical (unpaired) electrons. The molecule has 3 rings (SSSR count). The molecule has 1 aliphatic heterocycles. The number of likely N-dealkylation sites (N-methyl/N-ethyl adjacent to an activating group) is 1. The molecule has 2 atom stereocenters. The van der Waals surface area contributed by atoms with Crippen molar-refractivity contribution in [2.45, 2.75) is 24.8 Å². The lowest BCUT2D eigenvalue weighted by Crippen LogP contribution is -2.26. The number of ether oxygens (including phenoxy) is 2. The Morgan fingerprint density at radius 1 is 1.12 bits per heavy atom. The van der Waals surface area contributed by atoms with Gasteiger partial charge in [-0.2, -0.15) is 13.2 Å². The van der Waals surface area contributed by atoms with Gasteiger partial charge in [0.25, 0.3) is 0 Å². The largest absolute Gasteiger partial charge is 0.486 e. The second-order valence-corrected chi connectivity index (χ2v) is 6.55. The minimum atomic E-state index is -4.34. The van der Waals surface area contributed by atoms with E-state index < -0.39 is 11.7 Å². The van der Waals surface area contributed by atoms with Crippen LogP contribution in [-0.2, 0) is 10.9 Å². The van der Waals surface area contributed by atoms with E-state index in [1.807, 2.05) is 37.4 Å². The van der Waals surface area contributed by atoms with Crippen LogP contribution in [0.1, 0.15) is 23.7 Å². The number of epoxide rings is 1. The van der Waals surface area contributed by atoms with Gasteiger partial charge in [0.05, 0.1) is 18.3 Å². The van der Waals surface area contributed by atoms with Crippen molar-refractivity contribution in [1.29, 1.82) is 0 Å². The lowest BCUT2D eigenvalue weighted by atomic mass is 10.1. The predicted molar refractivity (Wildman–Crippen MR) is 93.1 cm³/mol. The highest BCUT2D eigenvalue weighted by Gasteiger charge is 2.30. The van der Waals surface area contributed by atoms with Crippen molar-refractivity contribution in [3.63, 3.8) is 0 Å². The maximum atomic E-state index is 12.7. The van der Waals surface area contributed by atoms with Gasteiger partial charge in [0.2, 0.25) is 0 Å². The average molecular weight is 365 g/mol. The summed E-state index contributed by atoms with van der Waals surface area (Å²) < 4.78 is 49.4. The fourth-order valence-corrected chi connectivity index (χ4v) is 2.80. The number of hydrogen-bond donors (Lipinski definition) is 0. The zero-order valence-corrected chi connectivity index (χ0v) is 14.6. The molecule has 1 saturated heterocycles. The van der Waals surface area contributed by atoms with Crippen molar-refractivity contribution in [1.82, 2.24) is 4.90 Å². The number of rotatable bonds is 8. The zero-order chi connectivity index (χ0) is 18.6. The van der Waals surface area contributed by atoms with Crippen molar-refractivity contribution in [2.75, 3.05) is 26.7 Å². The first-order valence-corrected chi connectivity index (χ1v) is 8.61. The summed E-state index contributed by atoms with van der Waals surface area (Å²) in [7, 11) is 2.03. The number of alkyl halides is 3. The molecule has 0 aliphatic carbocycles. The molecule has 1 aliphatic rings. The van der Waals surface area contributed by atoms with Crippen LogP contribution >= 0.6 is 0 Å². The Balaban J connectivity index is 1.66. The van der Waals surface area contributed by atoms with E-state index in [0.29, 0.717) is 11.9 Å². The number of benzene rings is 2. The number of halogens is 3. The highest BCUT2D eigenvalue weighted by atomic mass is 19.4. The van der Waals surface area contributed by atoms with Crippen molar-refractivity contribution in [2.24, 2.45) is 0 Å². The minimum Gasteiger partial charge on any atom is -0.486 e. The molecule has 0 saturated carbocycles. The molecule has 26 heavy (non-hydrogen) atoms.